The van der Waals surface area contributed by atoms with Crippen molar-refractivity contribution in [3.63, 3.8) is 0 Å². The first kappa shape index (κ1) is 20.0. The Balaban J connectivity index is 2.28. The predicted octanol–water partition coefficient (Wildman–Crippen LogP) is 6.53. The molecule has 28 heavy (non-hydrogen) atoms. The monoisotopic (exact) mass is 373 g/mol. The molecule has 0 aliphatic rings. The summed E-state index contributed by atoms with van der Waals surface area (Å²) in [6.07, 6.45) is 2.92. The van der Waals surface area contributed by atoms with Gasteiger partial charge in [-0.15, -0.1) is 0 Å². The minimum absolute atomic E-state index is 0.873. The van der Waals surface area contributed by atoms with Gasteiger partial charge in [0.05, 0.1) is 14.2 Å². The molecule has 0 unspecified atom stereocenters. The van der Waals surface area contributed by atoms with E-state index in [4.69, 9.17) is 9.47 Å². The third kappa shape index (κ3) is 3.77. The molecule has 145 valence electrons. The molecule has 0 spiro atoms. The van der Waals surface area contributed by atoms with E-state index >= 15 is 0 Å². The molecule has 0 bridgehead atoms. The maximum Gasteiger partial charge on any atom is 0.118 e. The van der Waals surface area contributed by atoms with E-state index in [1.165, 1.54) is 38.9 Å². The number of hydrogen-bond acceptors (Lipinski definition) is 2. The molecule has 0 N–H and O–H groups in total. The fraction of sp³-hybridized carbons (Fsp3) is 0.308. The maximum atomic E-state index is 5.36. The molecule has 2 nitrogen and oxygen atoms in total. The van der Waals surface area contributed by atoms with E-state index in [9.17, 15) is 0 Å². The fourth-order valence-electron chi connectivity index (χ4n) is 3.92. The van der Waals surface area contributed by atoms with Gasteiger partial charge in [-0.2, -0.15) is 0 Å². The van der Waals surface area contributed by atoms with Gasteiger partial charge in [-0.1, -0.05) is 45.0 Å². The summed E-state index contributed by atoms with van der Waals surface area (Å²) in [7, 11) is 3.41. The molecular weight excluding hydrogens is 344 g/mol. The first-order valence-corrected chi connectivity index (χ1v) is 10.0. The highest BCUT2D eigenvalue weighted by molar-refractivity contribution is 5.82. The Morgan fingerprint density at radius 3 is 1.57 bits per heavy atom. The number of benzene rings is 3. The SMILES string of the molecule is CCc1[c]c(-c2ccc(OC)cc2)c(CC)c(-c2ccc(OC)cc2)c1CC. The first-order chi connectivity index (χ1) is 13.7. The minimum atomic E-state index is 0.873. The van der Waals surface area contributed by atoms with E-state index in [0.717, 1.165) is 30.8 Å². The second-order valence-corrected chi connectivity index (χ2v) is 6.83. The summed E-state index contributed by atoms with van der Waals surface area (Å²) in [6, 6.07) is 20.5. The third-order valence-corrected chi connectivity index (χ3v) is 5.36. The van der Waals surface area contributed by atoms with Crippen molar-refractivity contribution in [3.05, 3.63) is 71.3 Å². The molecular formula is C26H29O2. The van der Waals surface area contributed by atoms with Crippen LogP contribution in [0.15, 0.2) is 48.5 Å². The summed E-state index contributed by atoms with van der Waals surface area (Å²) in [5, 5.41) is 0. The van der Waals surface area contributed by atoms with Crippen molar-refractivity contribution in [1.29, 1.82) is 0 Å². The molecule has 3 aromatic rings. The van der Waals surface area contributed by atoms with Crippen molar-refractivity contribution in [2.45, 2.75) is 40.0 Å². The van der Waals surface area contributed by atoms with Gasteiger partial charge in [0.2, 0.25) is 0 Å². The summed E-state index contributed by atoms with van der Waals surface area (Å²) in [6.45, 7) is 6.68. The highest BCUT2D eigenvalue weighted by Crippen LogP contribution is 2.39. The molecule has 0 aliphatic carbocycles. The van der Waals surface area contributed by atoms with E-state index in [1.54, 1.807) is 14.2 Å². The summed E-state index contributed by atoms with van der Waals surface area (Å²) < 4.78 is 10.7. The topological polar surface area (TPSA) is 18.5 Å². The van der Waals surface area contributed by atoms with Crippen LogP contribution in [0.25, 0.3) is 22.3 Å². The van der Waals surface area contributed by atoms with Crippen LogP contribution >= 0.6 is 0 Å². The highest BCUT2D eigenvalue weighted by atomic mass is 16.5. The molecule has 0 saturated heterocycles. The van der Waals surface area contributed by atoms with Gasteiger partial charge in [0.15, 0.2) is 0 Å². The largest absolute Gasteiger partial charge is 0.497 e. The van der Waals surface area contributed by atoms with E-state index < -0.39 is 0 Å². The Hall–Kier alpha value is -2.74. The summed E-state index contributed by atoms with van der Waals surface area (Å²) in [5.41, 5.74) is 9.04. The predicted molar refractivity (Wildman–Crippen MR) is 117 cm³/mol. The second kappa shape index (κ2) is 8.97. The van der Waals surface area contributed by atoms with Gasteiger partial charge in [0.25, 0.3) is 0 Å². The average molecular weight is 374 g/mol. The third-order valence-electron chi connectivity index (χ3n) is 5.36. The van der Waals surface area contributed by atoms with Gasteiger partial charge in [-0.05, 0) is 88.5 Å². The Bertz CT molecular complexity index is 922. The van der Waals surface area contributed by atoms with Gasteiger partial charge in [0, 0.05) is 0 Å². The van der Waals surface area contributed by atoms with Gasteiger partial charge < -0.3 is 9.47 Å². The molecule has 0 fully saturated rings. The normalized spacial score (nSPS) is 10.8. The zero-order chi connectivity index (χ0) is 20.1. The Morgan fingerprint density at radius 1 is 0.643 bits per heavy atom. The molecule has 2 heteroatoms. The van der Waals surface area contributed by atoms with Crippen LogP contribution in [0.5, 0.6) is 11.5 Å². The van der Waals surface area contributed by atoms with Crippen LogP contribution < -0.4 is 9.47 Å². The zero-order valence-corrected chi connectivity index (χ0v) is 17.6. The number of methoxy groups -OCH3 is 2. The quantitative estimate of drug-likeness (QED) is 0.469. The van der Waals surface area contributed by atoms with Crippen molar-refractivity contribution in [3.8, 4) is 33.8 Å². The molecule has 0 atom stereocenters. The summed E-state index contributed by atoms with van der Waals surface area (Å²) in [4.78, 5) is 0. The van der Waals surface area contributed by atoms with Crippen LogP contribution in [-0.2, 0) is 19.3 Å². The van der Waals surface area contributed by atoms with Crippen molar-refractivity contribution >= 4 is 0 Å². The molecule has 1 radical (unpaired) electrons. The van der Waals surface area contributed by atoms with Crippen molar-refractivity contribution in [2.75, 3.05) is 14.2 Å². The van der Waals surface area contributed by atoms with Crippen LogP contribution in [0.1, 0.15) is 37.5 Å². The highest BCUT2D eigenvalue weighted by Gasteiger charge is 2.18. The van der Waals surface area contributed by atoms with Crippen molar-refractivity contribution < 1.29 is 9.47 Å². The van der Waals surface area contributed by atoms with E-state index in [1.807, 2.05) is 24.3 Å². The Labute approximate surface area is 169 Å². The number of ether oxygens (including phenoxy) is 2. The van der Waals surface area contributed by atoms with Crippen molar-refractivity contribution in [2.24, 2.45) is 0 Å². The fourth-order valence-corrected chi connectivity index (χ4v) is 3.92. The van der Waals surface area contributed by atoms with Gasteiger partial charge in [-0.3, -0.25) is 0 Å². The molecule has 3 rings (SSSR count). The first-order valence-electron chi connectivity index (χ1n) is 10.0. The molecule has 3 aromatic carbocycles. The average Bonchev–Trinajstić information content (AvgIpc) is 2.77. The van der Waals surface area contributed by atoms with E-state index in [2.05, 4.69) is 51.1 Å². The van der Waals surface area contributed by atoms with Gasteiger partial charge in [-0.25, -0.2) is 0 Å². The maximum absolute atomic E-state index is 5.36. The smallest absolute Gasteiger partial charge is 0.118 e. The van der Waals surface area contributed by atoms with Crippen LogP contribution in [-0.4, -0.2) is 14.2 Å². The lowest BCUT2D eigenvalue weighted by atomic mass is 9.82. The van der Waals surface area contributed by atoms with Crippen LogP contribution in [0.3, 0.4) is 0 Å². The number of rotatable bonds is 7. The molecule has 0 aromatic heterocycles. The van der Waals surface area contributed by atoms with Gasteiger partial charge >= 0.3 is 0 Å². The van der Waals surface area contributed by atoms with Gasteiger partial charge in [0.1, 0.15) is 11.5 Å². The zero-order valence-electron chi connectivity index (χ0n) is 17.6. The van der Waals surface area contributed by atoms with Crippen LogP contribution in [0, 0.1) is 6.07 Å². The van der Waals surface area contributed by atoms with E-state index in [0.29, 0.717) is 0 Å². The Morgan fingerprint density at radius 2 is 1.14 bits per heavy atom. The number of aryl methyl sites for hydroxylation is 1. The standard InChI is InChI=1S/C26H29O2/c1-6-18-17-25(19-9-13-21(27-4)14-10-19)24(8-3)26(23(18)7-2)20-11-15-22(28-5)16-12-20/h9-16H,6-8H2,1-5H3. The van der Waals surface area contributed by atoms with E-state index in [-0.39, 0.29) is 0 Å². The summed E-state index contributed by atoms with van der Waals surface area (Å²) >= 11 is 0. The summed E-state index contributed by atoms with van der Waals surface area (Å²) in [5.74, 6) is 1.76. The molecule has 0 heterocycles. The van der Waals surface area contributed by atoms with Crippen LogP contribution in [0.2, 0.25) is 0 Å². The molecule has 0 aliphatic heterocycles. The second-order valence-electron chi connectivity index (χ2n) is 6.83. The lowest BCUT2D eigenvalue weighted by molar-refractivity contribution is 0.415. The lowest BCUT2D eigenvalue weighted by Gasteiger charge is -2.21. The van der Waals surface area contributed by atoms with Crippen LogP contribution in [0.4, 0.5) is 0 Å². The number of hydrogen-bond donors (Lipinski definition) is 0. The molecule has 0 saturated carbocycles. The minimum Gasteiger partial charge on any atom is -0.497 e. The van der Waals surface area contributed by atoms with Crippen molar-refractivity contribution in [1.82, 2.24) is 0 Å². The molecule has 0 amide bonds. The Kier molecular flexibility index (Phi) is 6.41. The lowest BCUT2D eigenvalue weighted by Crippen LogP contribution is -2.03.